The number of benzene rings is 3. The monoisotopic (exact) mass is 430 g/mol. The minimum absolute atomic E-state index is 0.0331. The van der Waals surface area contributed by atoms with E-state index in [0.29, 0.717) is 38.8 Å². The molecule has 3 aromatic rings. The Kier molecular flexibility index (Phi) is 7.17. The van der Waals surface area contributed by atoms with E-state index in [1.54, 1.807) is 0 Å². The van der Waals surface area contributed by atoms with Gasteiger partial charge in [-0.3, -0.25) is 9.59 Å². The van der Waals surface area contributed by atoms with Crippen LogP contribution in [0.2, 0.25) is 0 Å². The highest BCUT2D eigenvalue weighted by Gasteiger charge is 2.29. The molecule has 0 radical (unpaired) electrons. The highest BCUT2D eigenvalue weighted by Crippen LogP contribution is 2.25. The molecule has 1 saturated heterocycles. The standard InChI is InChI=1S/C27H30N2O3/c30-19-7-14-25(21-9-2-1-3-10-21)28-26(31)22-15-17-29(18-16-22)27(32)24-13-6-11-20-8-4-5-12-23(20)24/h1-6,8-13,22,25,30H,7,14-19H2,(H,28,31)/t25-/m0/s1. The first kappa shape index (κ1) is 22.0. The van der Waals surface area contributed by atoms with Gasteiger partial charge in [0.2, 0.25) is 5.91 Å². The third-order valence-corrected chi connectivity index (χ3v) is 6.34. The Morgan fingerprint density at radius 3 is 2.38 bits per heavy atom. The number of fused-ring (bicyclic) bond motifs is 1. The van der Waals surface area contributed by atoms with Crippen LogP contribution in [0.4, 0.5) is 0 Å². The van der Waals surface area contributed by atoms with E-state index in [1.165, 1.54) is 0 Å². The van der Waals surface area contributed by atoms with Gasteiger partial charge in [0.05, 0.1) is 6.04 Å². The van der Waals surface area contributed by atoms with E-state index in [0.717, 1.165) is 21.9 Å². The predicted molar refractivity (Wildman–Crippen MR) is 126 cm³/mol. The number of carbonyl (C=O) groups is 2. The summed E-state index contributed by atoms with van der Waals surface area (Å²) in [6, 6.07) is 23.5. The lowest BCUT2D eigenvalue weighted by Crippen LogP contribution is -2.43. The molecule has 3 aromatic carbocycles. The number of nitrogens with zero attached hydrogens (tertiary/aromatic N) is 1. The van der Waals surface area contributed by atoms with Gasteiger partial charge < -0.3 is 15.3 Å². The predicted octanol–water partition coefficient (Wildman–Crippen LogP) is 4.32. The Labute approximate surface area is 189 Å². The minimum atomic E-state index is -0.105. The quantitative estimate of drug-likeness (QED) is 0.586. The second-order valence-corrected chi connectivity index (χ2v) is 8.43. The summed E-state index contributed by atoms with van der Waals surface area (Å²) in [5, 5.41) is 14.4. The fourth-order valence-corrected chi connectivity index (χ4v) is 4.52. The third kappa shape index (κ3) is 5.00. The van der Waals surface area contributed by atoms with Gasteiger partial charge in [0.25, 0.3) is 5.91 Å². The highest BCUT2D eigenvalue weighted by atomic mass is 16.3. The van der Waals surface area contributed by atoms with E-state index >= 15 is 0 Å². The van der Waals surface area contributed by atoms with E-state index < -0.39 is 0 Å². The molecule has 5 heteroatoms. The minimum Gasteiger partial charge on any atom is -0.396 e. The number of aliphatic hydroxyl groups is 1. The van der Waals surface area contributed by atoms with Crippen molar-refractivity contribution in [2.24, 2.45) is 5.92 Å². The van der Waals surface area contributed by atoms with E-state index in [4.69, 9.17) is 0 Å². The van der Waals surface area contributed by atoms with Crippen molar-refractivity contribution in [2.75, 3.05) is 19.7 Å². The second kappa shape index (κ2) is 10.4. The van der Waals surface area contributed by atoms with Crippen molar-refractivity contribution in [1.29, 1.82) is 0 Å². The number of hydrogen-bond donors (Lipinski definition) is 2. The van der Waals surface area contributed by atoms with Gasteiger partial charge in [0, 0.05) is 31.2 Å². The molecule has 2 N–H and O–H groups in total. The molecular weight excluding hydrogens is 400 g/mol. The number of carbonyl (C=O) groups excluding carboxylic acids is 2. The van der Waals surface area contributed by atoms with Crippen molar-refractivity contribution in [1.82, 2.24) is 10.2 Å². The Balaban J connectivity index is 1.38. The summed E-state index contributed by atoms with van der Waals surface area (Å²) in [6.45, 7) is 1.26. The maximum atomic E-state index is 13.2. The molecule has 0 bridgehead atoms. The summed E-state index contributed by atoms with van der Waals surface area (Å²) in [7, 11) is 0. The average Bonchev–Trinajstić information content (AvgIpc) is 2.86. The van der Waals surface area contributed by atoms with Crippen LogP contribution in [0.1, 0.15) is 47.6 Å². The Morgan fingerprint density at radius 1 is 0.938 bits per heavy atom. The molecule has 0 saturated carbocycles. The van der Waals surface area contributed by atoms with Gasteiger partial charge in [-0.05, 0) is 48.1 Å². The molecule has 0 spiro atoms. The number of piperidine rings is 1. The van der Waals surface area contributed by atoms with Crippen LogP contribution in [0.25, 0.3) is 10.8 Å². The first-order valence-corrected chi connectivity index (χ1v) is 11.4. The Bertz CT molecular complexity index is 1050. The lowest BCUT2D eigenvalue weighted by Gasteiger charge is -2.32. The van der Waals surface area contributed by atoms with Crippen LogP contribution in [0, 0.1) is 5.92 Å². The lowest BCUT2D eigenvalue weighted by molar-refractivity contribution is -0.127. The molecule has 1 fully saturated rings. The number of amides is 2. The van der Waals surface area contributed by atoms with Gasteiger partial charge in [-0.15, -0.1) is 0 Å². The van der Waals surface area contributed by atoms with Crippen LogP contribution in [-0.2, 0) is 4.79 Å². The van der Waals surface area contributed by atoms with Crippen molar-refractivity contribution < 1.29 is 14.7 Å². The molecule has 166 valence electrons. The first-order chi connectivity index (χ1) is 15.7. The van der Waals surface area contributed by atoms with Crippen LogP contribution >= 0.6 is 0 Å². The largest absolute Gasteiger partial charge is 0.396 e. The normalized spacial score (nSPS) is 15.5. The molecule has 1 aliphatic heterocycles. The Hall–Kier alpha value is -3.18. The summed E-state index contributed by atoms with van der Waals surface area (Å²) in [5.41, 5.74) is 1.78. The number of aliphatic hydroxyl groups excluding tert-OH is 1. The lowest BCUT2D eigenvalue weighted by atomic mass is 9.93. The van der Waals surface area contributed by atoms with E-state index in [-0.39, 0.29) is 30.4 Å². The van der Waals surface area contributed by atoms with Gasteiger partial charge in [-0.1, -0.05) is 66.7 Å². The molecule has 5 nitrogen and oxygen atoms in total. The maximum Gasteiger partial charge on any atom is 0.254 e. The van der Waals surface area contributed by atoms with E-state index in [2.05, 4.69) is 5.32 Å². The van der Waals surface area contributed by atoms with Crippen molar-refractivity contribution in [3.8, 4) is 0 Å². The van der Waals surface area contributed by atoms with Crippen molar-refractivity contribution in [2.45, 2.75) is 31.7 Å². The van der Waals surface area contributed by atoms with Gasteiger partial charge in [-0.25, -0.2) is 0 Å². The maximum absolute atomic E-state index is 13.2. The molecule has 4 rings (SSSR count). The molecule has 2 amide bonds. The van der Waals surface area contributed by atoms with Crippen LogP contribution in [0.5, 0.6) is 0 Å². The number of nitrogens with one attached hydrogen (secondary N) is 1. The molecule has 32 heavy (non-hydrogen) atoms. The average molecular weight is 431 g/mol. The number of likely N-dealkylation sites (tertiary alicyclic amines) is 1. The van der Waals surface area contributed by atoms with Crippen LogP contribution in [0.3, 0.4) is 0 Å². The molecule has 1 heterocycles. The summed E-state index contributed by atoms with van der Waals surface area (Å²) in [4.78, 5) is 28.0. The molecule has 0 aromatic heterocycles. The fraction of sp³-hybridized carbons (Fsp3) is 0.333. The fourth-order valence-electron chi connectivity index (χ4n) is 4.52. The van der Waals surface area contributed by atoms with Gasteiger partial charge in [0.1, 0.15) is 0 Å². The number of hydrogen-bond acceptors (Lipinski definition) is 3. The smallest absolute Gasteiger partial charge is 0.254 e. The number of rotatable bonds is 7. The Morgan fingerprint density at radius 2 is 1.62 bits per heavy atom. The first-order valence-electron chi connectivity index (χ1n) is 11.4. The molecule has 0 aliphatic carbocycles. The summed E-state index contributed by atoms with van der Waals surface area (Å²) < 4.78 is 0. The molecule has 1 atom stereocenters. The molecule has 0 unspecified atom stereocenters. The van der Waals surface area contributed by atoms with Gasteiger partial charge in [-0.2, -0.15) is 0 Å². The van der Waals surface area contributed by atoms with Crippen molar-refractivity contribution >= 4 is 22.6 Å². The zero-order valence-electron chi connectivity index (χ0n) is 18.2. The van der Waals surface area contributed by atoms with Gasteiger partial charge in [0.15, 0.2) is 0 Å². The van der Waals surface area contributed by atoms with Crippen LogP contribution in [0.15, 0.2) is 72.8 Å². The van der Waals surface area contributed by atoms with E-state index in [1.807, 2.05) is 77.7 Å². The zero-order chi connectivity index (χ0) is 22.3. The third-order valence-electron chi connectivity index (χ3n) is 6.34. The molecular formula is C27H30N2O3. The summed E-state index contributed by atoms with van der Waals surface area (Å²) in [5.74, 6) is -0.0354. The summed E-state index contributed by atoms with van der Waals surface area (Å²) in [6.07, 6.45) is 2.65. The summed E-state index contributed by atoms with van der Waals surface area (Å²) >= 11 is 0. The van der Waals surface area contributed by atoms with Crippen molar-refractivity contribution in [3.63, 3.8) is 0 Å². The van der Waals surface area contributed by atoms with Crippen molar-refractivity contribution in [3.05, 3.63) is 83.9 Å². The van der Waals surface area contributed by atoms with Crippen LogP contribution < -0.4 is 5.32 Å². The van der Waals surface area contributed by atoms with E-state index in [9.17, 15) is 14.7 Å². The second-order valence-electron chi connectivity index (χ2n) is 8.43. The highest BCUT2D eigenvalue weighted by molar-refractivity contribution is 6.07. The van der Waals surface area contributed by atoms with Crippen LogP contribution in [-0.4, -0.2) is 41.5 Å². The topological polar surface area (TPSA) is 69.6 Å². The molecule has 1 aliphatic rings. The SMILES string of the molecule is O=C(N[C@@H](CCCO)c1ccccc1)C1CCN(C(=O)c2cccc3ccccc23)CC1. The van der Waals surface area contributed by atoms with Gasteiger partial charge >= 0.3 is 0 Å². The zero-order valence-corrected chi connectivity index (χ0v) is 18.2.